The van der Waals surface area contributed by atoms with Gasteiger partial charge in [0.1, 0.15) is 0 Å². The molecule has 0 amide bonds. The van der Waals surface area contributed by atoms with Crippen LogP contribution in [0.1, 0.15) is 48.7 Å². The summed E-state index contributed by atoms with van der Waals surface area (Å²) in [5, 5.41) is 4.71. The number of unbranched alkanes of at least 4 members (excludes halogenated alkanes) is 1. The fourth-order valence-corrected chi connectivity index (χ4v) is 2.94. The van der Waals surface area contributed by atoms with Crippen LogP contribution in [0.15, 0.2) is 35.9 Å². The summed E-state index contributed by atoms with van der Waals surface area (Å²) in [5.41, 5.74) is 6.83. The number of hydrogen-bond donors (Lipinski definition) is 0. The number of nitrogens with zero attached hydrogens (tertiary/aromatic N) is 2. The zero-order chi connectivity index (χ0) is 13.9. The summed E-state index contributed by atoms with van der Waals surface area (Å²) >= 11 is 0. The number of rotatable bonds is 5. The molecule has 3 rings (SSSR count). The number of fused-ring (bicyclic) bond motifs is 1. The van der Waals surface area contributed by atoms with E-state index in [0.717, 1.165) is 13.0 Å². The zero-order valence-corrected chi connectivity index (χ0v) is 12.4. The molecule has 0 bridgehead atoms. The molecule has 0 aliphatic heterocycles. The molecule has 20 heavy (non-hydrogen) atoms. The predicted molar refractivity (Wildman–Crippen MR) is 83.7 cm³/mol. The highest BCUT2D eigenvalue weighted by molar-refractivity contribution is 5.64. The average Bonchev–Trinajstić information content (AvgIpc) is 3.00. The van der Waals surface area contributed by atoms with Gasteiger partial charge in [-0.1, -0.05) is 55.3 Å². The van der Waals surface area contributed by atoms with Crippen molar-refractivity contribution in [3.05, 3.63) is 58.4 Å². The Morgan fingerprint density at radius 3 is 2.75 bits per heavy atom. The first kappa shape index (κ1) is 13.2. The lowest BCUT2D eigenvalue weighted by atomic mass is 10.1. The Morgan fingerprint density at radius 1 is 1.20 bits per heavy atom. The summed E-state index contributed by atoms with van der Waals surface area (Å²) < 4.78 is 2.19. The van der Waals surface area contributed by atoms with E-state index in [9.17, 15) is 0 Å². The van der Waals surface area contributed by atoms with Crippen molar-refractivity contribution in [3.63, 3.8) is 0 Å². The van der Waals surface area contributed by atoms with E-state index in [0.29, 0.717) is 0 Å². The van der Waals surface area contributed by atoms with Gasteiger partial charge < -0.3 is 0 Å². The third-order valence-corrected chi connectivity index (χ3v) is 4.05. The van der Waals surface area contributed by atoms with Crippen LogP contribution in [0.4, 0.5) is 0 Å². The molecule has 0 fully saturated rings. The van der Waals surface area contributed by atoms with Gasteiger partial charge in [-0.15, -0.1) is 0 Å². The van der Waals surface area contributed by atoms with Crippen LogP contribution in [0.3, 0.4) is 0 Å². The van der Waals surface area contributed by atoms with Gasteiger partial charge in [0, 0.05) is 12.0 Å². The first-order valence-electron chi connectivity index (χ1n) is 7.57. The van der Waals surface area contributed by atoms with Gasteiger partial charge in [0.05, 0.1) is 17.9 Å². The van der Waals surface area contributed by atoms with Crippen molar-refractivity contribution in [2.24, 2.45) is 0 Å². The molecule has 2 aromatic rings. The first-order chi connectivity index (χ1) is 9.78. The normalized spacial score (nSPS) is 13.4. The second kappa shape index (κ2) is 5.66. The smallest absolute Gasteiger partial charge is 0.0669 e. The van der Waals surface area contributed by atoms with E-state index in [1.165, 1.54) is 41.8 Å². The lowest BCUT2D eigenvalue weighted by Gasteiger charge is -2.07. The molecule has 1 aliphatic rings. The van der Waals surface area contributed by atoms with E-state index in [1.807, 2.05) is 0 Å². The standard InChI is InChI=1S/C18H22N2/c1-3-4-8-16-11-17-14(2)19-20(18(17)12-16)13-15-9-6-5-7-10-15/h5-7,9-11H,3-4,8,12-13H2,1-2H3. The monoisotopic (exact) mass is 266 g/mol. The topological polar surface area (TPSA) is 17.8 Å². The summed E-state index contributed by atoms with van der Waals surface area (Å²) in [4.78, 5) is 0. The fourth-order valence-electron chi connectivity index (χ4n) is 2.94. The van der Waals surface area contributed by atoms with E-state index in [1.54, 1.807) is 5.57 Å². The Kier molecular flexibility index (Phi) is 3.72. The van der Waals surface area contributed by atoms with Gasteiger partial charge >= 0.3 is 0 Å². The largest absolute Gasteiger partial charge is 0.264 e. The first-order valence-corrected chi connectivity index (χ1v) is 7.57. The Morgan fingerprint density at radius 2 is 2.00 bits per heavy atom. The molecular formula is C18H22N2. The Balaban J connectivity index is 1.81. The SMILES string of the molecule is CCCCC1=Cc2c(C)nn(Cc3ccccc3)c2C1. The van der Waals surface area contributed by atoms with Gasteiger partial charge in [0.25, 0.3) is 0 Å². The van der Waals surface area contributed by atoms with Crippen molar-refractivity contribution in [2.75, 3.05) is 0 Å². The highest BCUT2D eigenvalue weighted by atomic mass is 15.3. The Bertz CT molecular complexity index is 620. The van der Waals surface area contributed by atoms with Gasteiger partial charge in [-0.3, -0.25) is 4.68 Å². The molecule has 0 radical (unpaired) electrons. The van der Waals surface area contributed by atoms with Crippen LogP contribution in [0.5, 0.6) is 0 Å². The van der Waals surface area contributed by atoms with Crippen molar-refractivity contribution < 1.29 is 0 Å². The lowest BCUT2D eigenvalue weighted by Crippen LogP contribution is -2.06. The van der Waals surface area contributed by atoms with E-state index in [4.69, 9.17) is 5.10 Å². The quantitative estimate of drug-likeness (QED) is 0.785. The van der Waals surface area contributed by atoms with Crippen LogP contribution in [-0.2, 0) is 13.0 Å². The van der Waals surface area contributed by atoms with Crippen LogP contribution in [0.2, 0.25) is 0 Å². The third kappa shape index (κ3) is 2.55. The number of hydrogen-bond acceptors (Lipinski definition) is 1. The van der Waals surface area contributed by atoms with E-state index >= 15 is 0 Å². The highest BCUT2D eigenvalue weighted by Crippen LogP contribution is 2.30. The fraction of sp³-hybridized carbons (Fsp3) is 0.389. The number of aryl methyl sites for hydroxylation is 1. The van der Waals surface area contributed by atoms with Gasteiger partial charge in [0.15, 0.2) is 0 Å². The molecule has 1 aromatic carbocycles. The highest BCUT2D eigenvalue weighted by Gasteiger charge is 2.20. The lowest BCUT2D eigenvalue weighted by molar-refractivity contribution is 0.644. The zero-order valence-electron chi connectivity index (χ0n) is 12.4. The second-order valence-corrected chi connectivity index (χ2v) is 5.67. The molecule has 0 saturated heterocycles. The molecule has 104 valence electrons. The summed E-state index contributed by atoms with van der Waals surface area (Å²) in [6.45, 7) is 5.26. The van der Waals surface area contributed by atoms with Crippen LogP contribution in [0.25, 0.3) is 6.08 Å². The minimum absolute atomic E-state index is 0.881. The number of benzene rings is 1. The molecule has 0 N–H and O–H groups in total. The van der Waals surface area contributed by atoms with Gasteiger partial charge in [-0.2, -0.15) is 5.10 Å². The van der Waals surface area contributed by atoms with Crippen LogP contribution >= 0.6 is 0 Å². The van der Waals surface area contributed by atoms with Gasteiger partial charge in [-0.25, -0.2) is 0 Å². The van der Waals surface area contributed by atoms with Crippen LogP contribution in [-0.4, -0.2) is 9.78 Å². The van der Waals surface area contributed by atoms with E-state index in [-0.39, 0.29) is 0 Å². The maximum atomic E-state index is 4.71. The maximum Gasteiger partial charge on any atom is 0.0669 e. The molecule has 2 heteroatoms. The summed E-state index contributed by atoms with van der Waals surface area (Å²) in [6.07, 6.45) is 7.25. The van der Waals surface area contributed by atoms with Gasteiger partial charge in [0.2, 0.25) is 0 Å². The predicted octanol–water partition coefficient (Wildman–Crippen LogP) is 4.37. The van der Waals surface area contributed by atoms with Crippen molar-refractivity contribution in [3.8, 4) is 0 Å². The molecule has 0 spiro atoms. The molecule has 2 nitrogen and oxygen atoms in total. The second-order valence-electron chi connectivity index (χ2n) is 5.67. The molecule has 0 unspecified atom stereocenters. The van der Waals surface area contributed by atoms with Crippen molar-refractivity contribution >= 4 is 6.08 Å². The molecular weight excluding hydrogens is 244 g/mol. The maximum absolute atomic E-state index is 4.71. The summed E-state index contributed by atoms with van der Waals surface area (Å²) in [7, 11) is 0. The summed E-state index contributed by atoms with van der Waals surface area (Å²) in [5.74, 6) is 0. The number of allylic oxidation sites excluding steroid dienone is 1. The Hall–Kier alpha value is -1.83. The average molecular weight is 266 g/mol. The van der Waals surface area contributed by atoms with Crippen LogP contribution < -0.4 is 0 Å². The minimum Gasteiger partial charge on any atom is -0.264 e. The molecule has 0 saturated carbocycles. The van der Waals surface area contributed by atoms with E-state index in [2.05, 4.69) is 54.9 Å². The Labute approximate surface area is 121 Å². The van der Waals surface area contributed by atoms with Crippen molar-refractivity contribution in [2.45, 2.75) is 46.1 Å². The minimum atomic E-state index is 0.881. The molecule has 1 aromatic heterocycles. The molecule has 0 atom stereocenters. The molecule has 1 aliphatic carbocycles. The molecule has 1 heterocycles. The summed E-state index contributed by atoms with van der Waals surface area (Å²) in [6, 6.07) is 10.6. The van der Waals surface area contributed by atoms with Crippen LogP contribution in [0, 0.1) is 6.92 Å². The number of aromatic nitrogens is 2. The van der Waals surface area contributed by atoms with Gasteiger partial charge in [-0.05, 0) is 25.3 Å². The van der Waals surface area contributed by atoms with Crippen molar-refractivity contribution in [1.82, 2.24) is 9.78 Å². The third-order valence-electron chi connectivity index (χ3n) is 4.05. The van der Waals surface area contributed by atoms with Crippen molar-refractivity contribution in [1.29, 1.82) is 0 Å². The van der Waals surface area contributed by atoms with E-state index < -0.39 is 0 Å².